The molecule has 2 heterocycles. The number of benzene rings is 3. The molecule has 0 fully saturated rings. The summed E-state index contributed by atoms with van der Waals surface area (Å²) in [5.74, 6) is 2.41. The van der Waals surface area contributed by atoms with Crippen LogP contribution in [0.25, 0.3) is 0 Å². The SMILES string of the molecule is COc1ccc(OC)c(NC(=O)C2=C(C)Nc3ncnn3[C@@H]2c2ccc(OCc3ccccc3)c(OC)c2)c1. The average Bonchev–Trinajstić information content (AvgIpc) is 3.43. The Morgan fingerprint density at radius 2 is 1.72 bits per heavy atom. The first-order valence-corrected chi connectivity index (χ1v) is 12.3. The zero-order valence-electron chi connectivity index (χ0n) is 22.1. The van der Waals surface area contributed by atoms with Crippen molar-refractivity contribution in [3.63, 3.8) is 0 Å². The van der Waals surface area contributed by atoms with Crippen molar-refractivity contribution < 1.29 is 23.7 Å². The lowest BCUT2D eigenvalue weighted by Crippen LogP contribution is -2.31. The number of hydrogen-bond acceptors (Lipinski definition) is 8. The number of ether oxygens (including phenoxy) is 4. The van der Waals surface area contributed by atoms with Crippen LogP contribution in [-0.4, -0.2) is 42.0 Å². The third-order valence-electron chi connectivity index (χ3n) is 6.43. The van der Waals surface area contributed by atoms with Crippen molar-refractivity contribution in [3.8, 4) is 23.0 Å². The Bertz CT molecular complexity index is 1520. The first-order valence-electron chi connectivity index (χ1n) is 12.3. The second kappa shape index (κ2) is 11.2. The van der Waals surface area contributed by atoms with Gasteiger partial charge in [0, 0.05) is 11.8 Å². The Morgan fingerprint density at radius 1 is 0.949 bits per heavy atom. The summed E-state index contributed by atoms with van der Waals surface area (Å²) in [6, 6.07) is 20.1. The van der Waals surface area contributed by atoms with E-state index in [1.54, 1.807) is 44.2 Å². The molecule has 0 aliphatic carbocycles. The molecular weight excluding hydrogens is 498 g/mol. The largest absolute Gasteiger partial charge is 0.497 e. The number of rotatable bonds is 9. The molecular formula is C29H29N5O5. The minimum atomic E-state index is -0.586. The van der Waals surface area contributed by atoms with Gasteiger partial charge in [-0.1, -0.05) is 36.4 Å². The second-order valence-corrected chi connectivity index (χ2v) is 8.80. The lowest BCUT2D eigenvalue weighted by Gasteiger charge is -2.29. The first-order chi connectivity index (χ1) is 19.0. The molecule has 10 heteroatoms. The van der Waals surface area contributed by atoms with Crippen LogP contribution in [0, 0.1) is 0 Å². The normalized spacial score (nSPS) is 14.2. The van der Waals surface area contributed by atoms with Crippen LogP contribution in [0.1, 0.15) is 24.1 Å². The molecule has 0 unspecified atom stereocenters. The standard InChI is InChI=1S/C29H29N5O5/c1-18-26(28(35)33-22-15-21(36-2)11-13-23(22)37-3)27(34-29(32-18)30-17-31-34)20-10-12-24(25(14-20)38-4)39-16-19-8-6-5-7-9-19/h5-15,17,27H,16H2,1-4H3,(H,33,35)(H,30,31,32)/t27-/m1/s1. The van der Waals surface area contributed by atoms with Gasteiger partial charge in [-0.15, -0.1) is 0 Å². The zero-order valence-corrected chi connectivity index (χ0v) is 22.1. The topological polar surface area (TPSA) is 109 Å². The predicted molar refractivity (Wildman–Crippen MR) is 146 cm³/mol. The summed E-state index contributed by atoms with van der Waals surface area (Å²) < 4.78 is 24.2. The summed E-state index contributed by atoms with van der Waals surface area (Å²) in [5, 5.41) is 10.6. The number of anilines is 2. The van der Waals surface area contributed by atoms with Crippen LogP contribution in [0.15, 0.2) is 84.3 Å². The molecule has 1 aliphatic rings. The molecule has 0 spiro atoms. The van der Waals surface area contributed by atoms with Crippen LogP contribution in [0.5, 0.6) is 23.0 Å². The van der Waals surface area contributed by atoms with E-state index in [-0.39, 0.29) is 5.91 Å². The Morgan fingerprint density at radius 3 is 2.46 bits per heavy atom. The van der Waals surface area contributed by atoms with E-state index in [4.69, 9.17) is 18.9 Å². The van der Waals surface area contributed by atoms with Gasteiger partial charge in [-0.2, -0.15) is 10.1 Å². The Hall–Kier alpha value is -4.99. The molecule has 4 aromatic rings. The van der Waals surface area contributed by atoms with Crippen LogP contribution in [0.2, 0.25) is 0 Å². The zero-order chi connectivity index (χ0) is 27.4. The maximum atomic E-state index is 13.8. The van der Waals surface area contributed by atoms with Gasteiger partial charge < -0.3 is 29.6 Å². The molecule has 1 aliphatic heterocycles. The van der Waals surface area contributed by atoms with E-state index < -0.39 is 6.04 Å². The van der Waals surface area contributed by atoms with E-state index in [1.807, 2.05) is 55.5 Å². The first kappa shape index (κ1) is 25.7. The van der Waals surface area contributed by atoms with Gasteiger partial charge in [0.15, 0.2) is 11.5 Å². The van der Waals surface area contributed by atoms with Gasteiger partial charge in [0.05, 0.1) is 32.6 Å². The van der Waals surface area contributed by atoms with Crippen molar-refractivity contribution in [1.82, 2.24) is 14.8 Å². The van der Waals surface area contributed by atoms with Gasteiger partial charge in [-0.25, -0.2) is 4.68 Å². The summed E-state index contributed by atoms with van der Waals surface area (Å²) >= 11 is 0. The van der Waals surface area contributed by atoms with Crippen LogP contribution >= 0.6 is 0 Å². The van der Waals surface area contributed by atoms with Crippen molar-refractivity contribution in [2.75, 3.05) is 32.0 Å². The molecule has 3 aromatic carbocycles. The molecule has 1 atom stereocenters. The third-order valence-corrected chi connectivity index (χ3v) is 6.43. The van der Waals surface area contributed by atoms with Gasteiger partial charge >= 0.3 is 0 Å². The highest BCUT2D eigenvalue weighted by Crippen LogP contribution is 2.39. The minimum absolute atomic E-state index is 0.332. The monoisotopic (exact) mass is 527 g/mol. The fourth-order valence-electron chi connectivity index (χ4n) is 4.50. The molecule has 39 heavy (non-hydrogen) atoms. The highest BCUT2D eigenvalue weighted by molar-refractivity contribution is 6.06. The highest BCUT2D eigenvalue weighted by Gasteiger charge is 2.34. The smallest absolute Gasteiger partial charge is 0.255 e. The lowest BCUT2D eigenvalue weighted by molar-refractivity contribution is -0.113. The van der Waals surface area contributed by atoms with Crippen molar-refractivity contribution in [1.29, 1.82) is 0 Å². The van der Waals surface area contributed by atoms with E-state index in [2.05, 4.69) is 20.7 Å². The number of methoxy groups -OCH3 is 3. The maximum absolute atomic E-state index is 13.8. The Balaban J connectivity index is 1.49. The summed E-state index contributed by atoms with van der Waals surface area (Å²) in [6.45, 7) is 2.23. The van der Waals surface area contributed by atoms with Crippen molar-refractivity contribution >= 4 is 17.5 Å². The number of carbonyl (C=O) groups excluding carboxylic acids is 1. The summed E-state index contributed by atoms with van der Waals surface area (Å²) in [7, 11) is 4.69. The van der Waals surface area contributed by atoms with Crippen LogP contribution in [0.4, 0.5) is 11.6 Å². The number of carbonyl (C=O) groups is 1. The van der Waals surface area contributed by atoms with Crippen molar-refractivity contribution in [3.05, 3.63) is 95.5 Å². The third kappa shape index (κ3) is 5.22. The molecule has 5 rings (SSSR count). The fraction of sp³-hybridized carbons (Fsp3) is 0.207. The van der Waals surface area contributed by atoms with E-state index in [9.17, 15) is 4.79 Å². The summed E-state index contributed by atoms with van der Waals surface area (Å²) in [4.78, 5) is 18.1. The van der Waals surface area contributed by atoms with E-state index in [0.717, 1.165) is 11.1 Å². The molecule has 0 saturated heterocycles. The molecule has 0 bridgehead atoms. The molecule has 10 nitrogen and oxygen atoms in total. The fourth-order valence-corrected chi connectivity index (χ4v) is 4.50. The molecule has 2 N–H and O–H groups in total. The van der Waals surface area contributed by atoms with Gasteiger partial charge in [-0.05, 0) is 42.3 Å². The van der Waals surface area contributed by atoms with Gasteiger partial charge in [0.2, 0.25) is 5.95 Å². The number of amides is 1. The van der Waals surface area contributed by atoms with E-state index >= 15 is 0 Å². The van der Waals surface area contributed by atoms with Gasteiger partial charge in [0.1, 0.15) is 30.5 Å². The van der Waals surface area contributed by atoms with Crippen molar-refractivity contribution in [2.45, 2.75) is 19.6 Å². The Kier molecular flexibility index (Phi) is 7.35. The van der Waals surface area contributed by atoms with Crippen LogP contribution in [0.3, 0.4) is 0 Å². The molecule has 1 amide bonds. The van der Waals surface area contributed by atoms with Crippen LogP contribution in [-0.2, 0) is 11.4 Å². The molecule has 0 saturated carbocycles. The van der Waals surface area contributed by atoms with E-state index in [1.165, 1.54) is 6.33 Å². The number of hydrogen-bond donors (Lipinski definition) is 2. The number of nitrogens with one attached hydrogen (secondary N) is 2. The predicted octanol–water partition coefficient (Wildman–Crippen LogP) is 4.81. The lowest BCUT2D eigenvalue weighted by atomic mass is 9.94. The molecule has 200 valence electrons. The maximum Gasteiger partial charge on any atom is 0.255 e. The Labute approximate surface area is 226 Å². The minimum Gasteiger partial charge on any atom is -0.497 e. The quantitative estimate of drug-likeness (QED) is 0.319. The highest BCUT2D eigenvalue weighted by atomic mass is 16.5. The van der Waals surface area contributed by atoms with Gasteiger partial charge in [-0.3, -0.25) is 4.79 Å². The second-order valence-electron chi connectivity index (χ2n) is 8.80. The number of fused-ring (bicyclic) bond motifs is 1. The van der Waals surface area contributed by atoms with Crippen LogP contribution < -0.4 is 29.6 Å². The summed E-state index contributed by atoms with van der Waals surface area (Å²) in [5.41, 5.74) is 3.39. The number of nitrogens with zero attached hydrogens (tertiary/aromatic N) is 3. The van der Waals surface area contributed by atoms with Gasteiger partial charge in [0.25, 0.3) is 5.91 Å². The molecule has 1 aromatic heterocycles. The van der Waals surface area contributed by atoms with Crippen molar-refractivity contribution in [2.24, 2.45) is 0 Å². The molecule has 0 radical (unpaired) electrons. The summed E-state index contributed by atoms with van der Waals surface area (Å²) in [6.07, 6.45) is 1.45. The number of allylic oxidation sites excluding steroid dienone is 1. The number of aromatic nitrogens is 3. The average molecular weight is 528 g/mol. The van der Waals surface area contributed by atoms with E-state index in [0.29, 0.717) is 52.5 Å².